The monoisotopic (exact) mass is 273 g/mol. The summed E-state index contributed by atoms with van der Waals surface area (Å²) >= 11 is 1.86. The first kappa shape index (κ1) is 14.3. The lowest BCUT2D eigenvalue weighted by molar-refractivity contribution is 0.506. The quantitative estimate of drug-likeness (QED) is 0.769. The molecule has 2 heteroatoms. The molecule has 19 heavy (non-hydrogen) atoms. The van der Waals surface area contributed by atoms with Crippen LogP contribution in [0.1, 0.15) is 41.8 Å². The van der Waals surface area contributed by atoms with Gasteiger partial charge in [0.05, 0.1) is 0 Å². The fourth-order valence-corrected chi connectivity index (χ4v) is 3.17. The second-order valence-electron chi connectivity index (χ2n) is 5.05. The van der Waals surface area contributed by atoms with Crippen molar-refractivity contribution in [1.29, 1.82) is 0 Å². The second-order valence-corrected chi connectivity index (χ2v) is 6.03. The standard InChI is InChI=1S/C17H23NS/c1-3-11-18-16(17-8-5-12-19-17)10-9-15-7-4-6-14(2)13-15/h4-8,12-13,16,18H,3,9-11H2,1-2H3. The first-order valence-corrected chi connectivity index (χ1v) is 8.00. The largest absolute Gasteiger partial charge is 0.309 e. The van der Waals surface area contributed by atoms with Gasteiger partial charge in [-0.1, -0.05) is 42.8 Å². The summed E-state index contributed by atoms with van der Waals surface area (Å²) in [6, 6.07) is 13.7. The van der Waals surface area contributed by atoms with E-state index in [4.69, 9.17) is 0 Å². The molecule has 1 atom stereocenters. The molecular formula is C17H23NS. The number of nitrogens with one attached hydrogen (secondary N) is 1. The van der Waals surface area contributed by atoms with Crippen LogP contribution < -0.4 is 5.32 Å². The molecule has 0 spiro atoms. The van der Waals surface area contributed by atoms with Crippen molar-refractivity contribution in [2.45, 2.75) is 39.2 Å². The van der Waals surface area contributed by atoms with Gasteiger partial charge in [0, 0.05) is 10.9 Å². The third-order valence-corrected chi connectivity index (χ3v) is 4.32. The van der Waals surface area contributed by atoms with Gasteiger partial charge in [-0.05, 0) is 49.7 Å². The lowest BCUT2D eigenvalue weighted by Gasteiger charge is -2.17. The first-order chi connectivity index (χ1) is 9.29. The minimum atomic E-state index is 0.500. The van der Waals surface area contributed by atoms with Crippen LogP contribution in [0.2, 0.25) is 0 Å². The molecule has 1 N–H and O–H groups in total. The predicted octanol–water partition coefficient (Wildman–Crippen LogP) is 4.73. The number of hydrogen-bond donors (Lipinski definition) is 1. The number of thiophene rings is 1. The highest BCUT2D eigenvalue weighted by atomic mass is 32.1. The van der Waals surface area contributed by atoms with E-state index in [1.807, 2.05) is 11.3 Å². The summed E-state index contributed by atoms with van der Waals surface area (Å²) in [6.07, 6.45) is 3.50. The van der Waals surface area contributed by atoms with Crippen LogP contribution in [0.15, 0.2) is 41.8 Å². The van der Waals surface area contributed by atoms with Crippen LogP contribution in [-0.4, -0.2) is 6.54 Å². The van der Waals surface area contributed by atoms with Gasteiger partial charge in [-0.25, -0.2) is 0 Å². The fraction of sp³-hybridized carbons (Fsp3) is 0.412. The lowest BCUT2D eigenvalue weighted by atomic mass is 10.0. The Hall–Kier alpha value is -1.12. The van der Waals surface area contributed by atoms with E-state index in [2.05, 4.69) is 60.9 Å². The van der Waals surface area contributed by atoms with Crippen LogP contribution >= 0.6 is 11.3 Å². The molecule has 2 rings (SSSR count). The number of aryl methyl sites for hydroxylation is 2. The summed E-state index contributed by atoms with van der Waals surface area (Å²) in [5.41, 5.74) is 2.80. The van der Waals surface area contributed by atoms with Gasteiger partial charge in [0.2, 0.25) is 0 Å². The van der Waals surface area contributed by atoms with Gasteiger partial charge in [0.25, 0.3) is 0 Å². The molecule has 0 saturated heterocycles. The molecule has 0 aliphatic heterocycles. The van der Waals surface area contributed by atoms with Gasteiger partial charge in [-0.3, -0.25) is 0 Å². The zero-order valence-electron chi connectivity index (χ0n) is 11.9. The Balaban J connectivity index is 1.96. The van der Waals surface area contributed by atoms with E-state index in [9.17, 15) is 0 Å². The molecule has 1 nitrogen and oxygen atoms in total. The van der Waals surface area contributed by atoms with Crippen molar-refractivity contribution in [3.8, 4) is 0 Å². The lowest BCUT2D eigenvalue weighted by Crippen LogP contribution is -2.21. The van der Waals surface area contributed by atoms with Crippen molar-refractivity contribution in [2.75, 3.05) is 6.54 Å². The van der Waals surface area contributed by atoms with E-state index in [0.717, 1.165) is 13.0 Å². The highest BCUT2D eigenvalue weighted by Gasteiger charge is 2.11. The molecule has 0 fully saturated rings. The van der Waals surface area contributed by atoms with Crippen molar-refractivity contribution in [1.82, 2.24) is 5.32 Å². The molecule has 102 valence electrons. The molecule has 1 aromatic carbocycles. The number of benzene rings is 1. The van der Waals surface area contributed by atoms with E-state index < -0.39 is 0 Å². The SMILES string of the molecule is CCCNC(CCc1cccc(C)c1)c1cccs1. The minimum absolute atomic E-state index is 0.500. The van der Waals surface area contributed by atoms with Gasteiger partial charge in [-0.15, -0.1) is 11.3 Å². The van der Waals surface area contributed by atoms with Crippen molar-refractivity contribution in [3.63, 3.8) is 0 Å². The van der Waals surface area contributed by atoms with E-state index in [-0.39, 0.29) is 0 Å². The molecule has 0 aliphatic rings. The molecule has 0 amide bonds. The van der Waals surface area contributed by atoms with Crippen LogP contribution in [-0.2, 0) is 6.42 Å². The van der Waals surface area contributed by atoms with E-state index in [1.54, 1.807) is 0 Å². The zero-order chi connectivity index (χ0) is 13.5. The molecule has 1 heterocycles. The van der Waals surface area contributed by atoms with E-state index >= 15 is 0 Å². The summed E-state index contributed by atoms with van der Waals surface area (Å²) in [5, 5.41) is 5.84. The maximum absolute atomic E-state index is 3.67. The summed E-state index contributed by atoms with van der Waals surface area (Å²) in [6.45, 7) is 5.48. The Morgan fingerprint density at radius 3 is 2.79 bits per heavy atom. The first-order valence-electron chi connectivity index (χ1n) is 7.12. The highest BCUT2D eigenvalue weighted by molar-refractivity contribution is 7.10. The highest BCUT2D eigenvalue weighted by Crippen LogP contribution is 2.23. The normalized spacial score (nSPS) is 12.5. The molecule has 1 aromatic heterocycles. The summed E-state index contributed by atoms with van der Waals surface area (Å²) in [5.74, 6) is 0. The van der Waals surface area contributed by atoms with Gasteiger partial charge < -0.3 is 5.32 Å². The van der Waals surface area contributed by atoms with Crippen LogP contribution in [0.3, 0.4) is 0 Å². The molecular weight excluding hydrogens is 250 g/mol. The second kappa shape index (κ2) is 7.46. The smallest absolute Gasteiger partial charge is 0.0417 e. The molecule has 0 saturated carbocycles. The topological polar surface area (TPSA) is 12.0 Å². The third-order valence-electron chi connectivity index (χ3n) is 3.33. The van der Waals surface area contributed by atoms with Crippen molar-refractivity contribution >= 4 is 11.3 Å². The average molecular weight is 273 g/mol. The van der Waals surface area contributed by atoms with Gasteiger partial charge >= 0.3 is 0 Å². The summed E-state index contributed by atoms with van der Waals surface area (Å²) < 4.78 is 0. The van der Waals surface area contributed by atoms with Crippen LogP contribution in [0.4, 0.5) is 0 Å². The Morgan fingerprint density at radius 2 is 2.11 bits per heavy atom. The summed E-state index contributed by atoms with van der Waals surface area (Å²) in [4.78, 5) is 1.46. The van der Waals surface area contributed by atoms with Crippen LogP contribution in [0.5, 0.6) is 0 Å². The molecule has 2 aromatic rings. The van der Waals surface area contributed by atoms with Crippen molar-refractivity contribution < 1.29 is 0 Å². The maximum atomic E-state index is 3.67. The Morgan fingerprint density at radius 1 is 1.21 bits per heavy atom. The summed E-state index contributed by atoms with van der Waals surface area (Å²) in [7, 11) is 0. The molecule has 1 unspecified atom stereocenters. The van der Waals surface area contributed by atoms with Crippen LogP contribution in [0, 0.1) is 6.92 Å². The van der Waals surface area contributed by atoms with Gasteiger partial charge in [0.15, 0.2) is 0 Å². The fourth-order valence-electron chi connectivity index (χ4n) is 2.33. The maximum Gasteiger partial charge on any atom is 0.0417 e. The van der Waals surface area contributed by atoms with E-state index in [1.165, 1.54) is 28.8 Å². The third kappa shape index (κ3) is 4.48. The number of rotatable bonds is 7. The molecule has 0 aliphatic carbocycles. The predicted molar refractivity (Wildman–Crippen MR) is 84.9 cm³/mol. The Labute approximate surface area is 120 Å². The Bertz CT molecular complexity index is 476. The van der Waals surface area contributed by atoms with Gasteiger partial charge in [0.1, 0.15) is 0 Å². The van der Waals surface area contributed by atoms with Crippen molar-refractivity contribution in [3.05, 3.63) is 57.8 Å². The Kier molecular flexibility index (Phi) is 5.62. The van der Waals surface area contributed by atoms with Crippen molar-refractivity contribution in [2.24, 2.45) is 0 Å². The zero-order valence-corrected chi connectivity index (χ0v) is 12.7. The minimum Gasteiger partial charge on any atom is -0.309 e. The van der Waals surface area contributed by atoms with Gasteiger partial charge in [-0.2, -0.15) is 0 Å². The average Bonchev–Trinajstić information content (AvgIpc) is 2.93. The molecule has 0 bridgehead atoms. The van der Waals surface area contributed by atoms with Crippen LogP contribution in [0.25, 0.3) is 0 Å². The molecule has 0 radical (unpaired) electrons. The van der Waals surface area contributed by atoms with E-state index in [0.29, 0.717) is 6.04 Å². The number of hydrogen-bond acceptors (Lipinski definition) is 2.